The van der Waals surface area contributed by atoms with E-state index in [1.807, 2.05) is 35.0 Å². The normalized spacial score (nSPS) is 11.9. The van der Waals surface area contributed by atoms with Gasteiger partial charge in [0.05, 0.1) is 24.7 Å². The number of furan rings is 1. The van der Waals surface area contributed by atoms with Crippen LogP contribution in [0.3, 0.4) is 0 Å². The Bertz CT molecular complexity index is 1130. The van der Waals surface area contributed by atoms with E-state index in [0.29, 0.717) is 12.3 Å². The van der Waals surface area contributed by atoms with E-state index in [1.165, 1.54) is 11.1 Å². The molecule has 4 nitrogen and oxygen atoms in total. The number of nitrogens with zero attached hydrogens (tertiary/aromatic N) is 3. The van der Waals surface area contributed by atoms with Crippen LogP contribution in [-0.4, -0.2) is 17.4 Å². The molecule has 0 N–H and O–H groups in total. The summed E-state index contributed by atoms with van der Waals surface area (Å²) in [4.78, 5) is 5.37. The molecule has 0 aliphatic heterocycles. The molecule has 0 aliphatic carbocycles. The molecular weight excluding hydrogens is 366 g/mol. The molecule has 2 aromatic heterocycles. The Labute approximate surface area is 167 Å². The maximum atomic E-state index is 5.36. The summed E-state index contributed by atoms with van der Waals surface area (Å²) >= 11 is 1.55. The van der Waals surface area contributed by atoms with Gasteiger partial charge in [-0.05, 0) is 23.3 Å². The summed E-state index contributed by atoms with van der Waals surface area (Å²) in [5.74, 6) is 0.693. The molecule has 0 radical (unpaired) electrons. The summed E-state index contributed by atoms with van der Waals surface area (Å²) in [5, 5.41) is 6.67. The van der Waals surface area contributed by atoms with Crippen LogP contribution in [0.5, 0.6) is 0 Å². The van der Waals surface area contributed by atoms with Crippen molar-refractivity contribution in [2.24, 2.45) is 10.1 Å². The van der Waals surface area contributed by atoms with Crippen molar-refractivity contribution < 1.29 is 4.42 Å². The van der Waals surface area contributed by atoms with Gasteiger partial charge in [-0.1, -0.05) is 60.7 Å². The van der Waals surface area contributed by atoms with E-state index < -0.39 is 0 Å². The lowest BCUT2D eigenvalue weighted by Crippen LogP contribution is -2.12. The van der Waals surface area contributed by atoms with Crippen molar-refractivity contribution in [3.63, 3.8) is 0 Å². The summed E-state index contributed by atoms with van der Waals surface area (Å²) < 4.78 is 7.20. The van der Waals surface area contributed by atoms with Gasteiger partial charge in [-0.2, -0.15) is 5.10 Å². The van der Waals surface area contributed by atoms with E-state index in [4.69, 9.17) is 4.42 Å². The van der Waals surface area contributed by atoms with Crippen molar-refractivity contribution in [1.82, 2.24) is 4.68 Å². The molecule has 0 saturated heterocycles. The minimum Gasteiger partial charge on any atom is -0.463 e. The molecule has 0 amide bonds. The molecule has 5 heteroatoms. The first-order chi connectivity index (χ1) is 13.8. The fraction of sp³-hybridized carbons (Fsp3) is 0.0435. The molecule has 0 unspecified atom stereocenters. The number of hydrogen-bond acceptors (Lipinski definition) is 4. The van der Waals surface area contributed by atoms with E-state index in [2.05, 4.69) is 58.5 Å². The van der Waals surface area contributed by atoms with Crippen LogP contribution in [0.15, 0.2) is 106 Å². The highest BCUT2D eigenvalue weighted by Crippen LogP contribution is 2.25. The maximum absolute atomic E-state index is 5.36. The second kappa shape index (κ2) is 8.50. The van der Waals surface area contributed by atoms with Crippen LogP contribution < -0.4 is 4.80 Å². The highest BCUT2D eigenvalue weighted by atomic mass is 32.1. The molecule has 138 valence electrons. The Morgan fingerprint density at radius 2 is 1.68 bits per heavy atom. The van der Waals surface area contributed by atoms with Crippen molar-refractivity contribution in [2.45, 2.75) is 0 Å². The molecule has 4 rings (SSSR count). The molecule has 0 fully saturated rings. The zero-order valence-electron chi connectivity index (χ0n) is 15.2. The fourth-order valence-corrected chi connectivity index (χ4v) is 3.65. The van der Waals surface area contributed by atoms with Crippen LogP contribution in [0, 0.1) is 0 Å². The molecule has 0 spiro atoms. The van der Waals surface area contributed by atoms with Crippen LogP contribution in [0.1, 0.15) is 5.76 Å². The van der Waals surface area contributed by atoms with Crippen LogP contribution in [0.25, 0.3) is 22.4 Å². The van der Waals surface area contributed by atoms with Crippen LogP contribution >= 0.6 is 11.3 Å². The van der Waals surface area contributed by atoms with E-state index in [9.17, 15) is 0 Å². The quantitative estimate of drug-likeness (QED) is 0.322. The van der Waals surface area contributed by atoms with Gasteiger partial charge in [0.2, 0.25) is 4.80 Å². The van der Waals surface area contributed by atoms with Crippen LogP contribution in [-0.2, 0) is 0 Å². The zero-order valence-corrected chi connectivity index (χ0v) is 16.0. The lowest BCUT2D eigenvalue weighted by Gasteiger charge is -2.06. The van der Waals surface area contributed by atoms with Gasteiger partial charge in [0, 0.05) is 10.9 Å². The van der Waals surface area contributed by atoms with E-state index in [1.54, 1.807) is 29.9 Å². The third-order valence-corrected chi connectivity index (χ3v) is 5.03. The largest absolute Gasteiger partial charge is 0.463 e. The lowest BCUT2D eigenvalue weighted by molar-refractivity contribution is 0.559. The third-order valence-electron chi connectivity index (χ3n) is 4.17. The van der Waals surface area contributed by atoms with Gasteiger partial charge in [0.15, 0.2) is 0 Å². The van der Waals surface area contributed by atoms with Crippen LogP contribution in [0.2, 0.25) is 0 Å². The average Bonchev–Trinajstić information content (AvgIpc) is 3.41. The lowest BCUT2D eigenvalue weighted by atomic mass is 10.0. The Kier molecular flexibility index (Phi) is 5.45. The summed E-state index contributed by atoms with van der Waals surface area (Å²) in [5.41, 5.74) is 4.44. The van der Waals surface area contributed by atoms with Gasteiger partial charge < -0.3 is 4.42 Å². The highest BCUT2D eigenvalue weighted by molar-refractivity contribution is 7.07. The van der Waals surface area contributed by atoms with Gasteiger partial charge in [-0.25, -0.2) is 4.68 Å². The first-order valence-corrected chi connectivity index (χ1v) is 9.79. The minimum atomic E-state index is 0.545. The first kappa shape index (κ1) is 17.9. The Morgan fingerprint density at radius 1 is 0.929 bits per heavy atom. The summed E-state index contributed by atoms with van der Waals surface area (Å²) in [6.45, 7) is 4.29. The Morgan fingerprint density at radius 3 is 2.39 bits per heavy atom. The molecule has 0 atom stereocenters. The van der Waals surface area contributed by atoms with Crippen LogP contribution in [0.4, 0.5) is 0 Å². The monoisotopic (exact) mass is 385 g/mol. The van der Waals surface area contributed by atoms with Crippen molar-refractivity contribution in [1.29, 1.82) is 0 Å². The predicted octanol–water partition coefficient (Wildman–Crippen LogP) is 5.45. The number of benzene rings is 2. The summed E-state index contributed by atoms with van der Waals surface area (Å²) in [6, 6.07) is 22.5. The van der Waals surface area contributed by atoms with Gasteiger partial charge in [0.1, 0.15) is 5.76 Å². The molecular formula is C23H19N3OS. The number of hydrogen-bond donors (Lipinski definition) is 0. The molecule has 0 saturated carbocycles. The summed E-state index contributed by atoms with van der Waals surface area (Å²) in [6.07, 6.45) is 5.10. The van der Waals surface area contributed by atoms with Crippen molar-refractivity contribution in [3.05, 3.63) is 102 Å². The van der Waals surface area contributed by atoms with Gasteiger partial charge in [-0.3, -0.25) is 4.99 Å². The van der Waals surface area contributed by atoms with Gasteiger partial charge >= 0.3 is 0 Å². The summed E-state index contributed by atoms with van der Waals surface area (Å²) in [7, 11) is 0. The van der Waals surface area contributed by atoms with Gasteiger partial charge in [-0.15, -0.1) is 17.9 Å². The van der Waals surface area contributed by atoms with Crippen molar-refractivity contribution >= 4 is 17.6 Å². The molecule has 28 heavy (non-hydrogen) atoms. The topological polar surface area (TPSA) is 42.8 Å². The first-order valence-electron chi connectivity index (χ1n) is 8.91. The smallest absolute Gasteiger partial charge is 0.206 e. The predicted molar refractivity (Wildman–Crippen MR) is 116 cm³/mol. The fourth-order valence-electron chi connectivity index (χ4n) is 2.80. The van der Waals surface area contributed by atoms with E-state index >= 15 is 0 Å². The van der Waals surface area contributed by atoms with E-state index in [-0.39, 0.29) is 0 Å². The molecule has 2 heterocycles. The standard InChI is InChI=1S/C23H19N3OS/c1-2-14-24-23-26(25-16-21-9-6-15-27-21)22(17-28-23)20-12-10-19(11-13-20)18-7-4-3-5-8-18/h2-13,15-17H,1,14H2. The van der Waals surface area contributed by atoms with E-state index in [0.717, 1.165) is 16.1 Å². The highest BCUT2D eigenvalue weighted by Gasteiger charge is 2.08. The number of thiazole rings is 1. The second-order valence-corrected chi connectivity index (χ2v) is 6.88. The van der Waals surface area contributed by atoms with Gasteiger partial charge in [0.25, 0.3) is 0 Å². The zero-order chi connectivity index (χ0) is 19.2. The third kappa shape index (κ3) is 3.94. The Hall–Kier alpha value is -3.44. The SMILES string of the molecule is C=CCN=c1scc(-c2ccc(-c3ccccc3)cc2)n1N=Cc1ccco1. The minimum absolute atomic E-state index is 0.545. The van der Waals surface area contributed by atoms with Crippen molar-refractivity contribution in [2.75, 3.05) is 6.54 Å². The molecule has 4 aromatic rings. The number of aromatic nitrogens is 1. The van der Waals surface area contributed by atoms with Crippen molar-refractivity contribution in [3.8, 4) is 22.4 Å². The second-order valence-electron chi connectivity index (χ2n) is 6.05. The molecule has 0 bridgehead atoms. The molecule has 2 aromatic carbocycles. The number of rotatable bonds is 6. The maximum Gasteiger partial charge on any atom is 0.206 e. The average molecular weight is 385 g/mol. The Balaban J connectivity index is 1.72. The molecule has 0 aliphatic rings.